The maximum absolute atomic E-state index is 5.97. The average Bonchev–Trinajstić information content (AvgIpc) is 1.89. The highest BCUT2D eigenvalue weighted by Crippen LogP contribution is 2.13. The standard InChI is InChI=1S/C8H14N2/c1-2-4-8(9)5-3-6-10-7-8/h3,5-6H,2,4,7,9H2,1H3. The van der Waals surface area contributed by atoms with Gasteiger partial charge in [-0.15, -0.1) is 0 Å². The molecule has 1 heterocycles. The molecular weight excluding hydrogens is 124 g/mol. The lowest BCUT2D eigenvalue weighted by atomic mass is 9.93. The normalized spacial score (nSPS) is 31.0. The molecule has 0 bridgehead atoms. The van der Waals surface area contributed by atoms with Gasteiger partial charge in [0, 0.05) is 6.21 Å². The van der Waals surface area contributed by atoms with Gasteiger partial charge in [-0.25, -0.2) is 0 Å². The zero-order chi connectivity index (χ0) is 7.45. The second-order valence-corrected chi connectivity index (χ2v) is 2.83. The molecule has 0 saturated heterocycles. The number of nitrogens with zero attached hydrogens (tertiary/aromatic N) is 1. The summed E-state index contributed by atoms with van der Waals surface area (Å²) < 4.78 is 0. The lowest BCUT2D eigenvalue weighted by Gasteiger charge is -2.24. The summed E-state index contributed by atoms with van der Waals surface area (Å²) in [5.41, 5.74) is 5.82. The molecule has 0 fully saturated rings. The van der Waals surface area contributed by atoms with Crippen LogP contribution in [0.4, 0.5) is 0 Å². The molecule has 0 saturated carbocycles. The van der Waals surface area contributed by atoms with Gasteiger partial charge in [0.25, 0.3) is 0 Å². The smallest absolute Gasteiger partial charge is 0.0605 e. The van der Waals surface area contributed by atoms with Crippen molar-refractivity contribution < 1.29 is 0 Å². The van der Waals surface area contributed by atoms with E-state index in [1.807, 2.05) is 12.2 Å². The number of hydrogen-bond donors (Lipinski definition) is 1. The van der Waals surface area contributed by atoms with E-state index in [1.54, 1.807) is 6.21 Å². The van der Waals surface area contributed by atoms with Gasteiger partial charge in [0.05, 0.1) is 12.1 Å². The molecule has 0 spiro atoms. The topological polar surface area (TPSA) is 38.4 Å². The molecule has 1 aliphatic heterocycles. The Morgan fingerprint density at radius 1 is 1.70 bits per heavy atom. The summed E-state index contributed by atoms with van der Waals surface area (Å²) in [6.07, 6.45) is 7.93. The third-order valence-corrected chi connectivity index (χ3v) is 1.72. The van der Waals surface area contributed by atoms with Crippen LogP contribution in [0.1, 0.15) is 19.8 Å². The van der Waals surface area contributed by atoms with E-state index in [0.717, 1.165) is 19.4 Å². The summed E-state index contributed by atoms with van der Waals surface area (Å²) in [7, 11) is 0. The van der Waals surface area contributed by atoms with Crippen molar-refractivity contribution in [2.75, 3.05) is 6.54 Å². The number of allylic oxidation sites excluding steroid dienone is 1. The Kier molecular flexibility index (Phi) is 2.22. The molecule has 0 amide bonds. The first kappa shape index (κ1) is 7.48. The zero-order valence-electron chi connectivity index (χ0n) is 6.38. The molecule has 1 atom stereocenters. The molecule has 1 rings (SSSR count). The Morgan fingerprint density at radius 2 is 2.50 bits per heavy atom. The molecule has 2 N–H and O–H groups in total. The first-order valence-electron chi connectivity index (χ1n) is 3.73. The lowest BCUT2D eigenvalue weighted by molar-refractivity contribution is 0.489. The molecule has 0 aromatic heterocycles. The number of aliphatic imine (C=N–C) groups is 1. The second kappa shape index (κ2) is 2.97. The van der Waals surface area contributed by atoms with Gasteiger partial charge in [0.1, 0.15) is 0 Å². The maximum Gasteiger partial charge on any atom is 0.0605 e. The van der Waals surface area contributed by atoms with Crippen molar-refractivity contribution in [2.24, 2.45) is 10.7 Å². The summed E-state index contributed by atoms with van der Waals surface area (Å²) in [5.74, 6) is 0. The van der Waals surface area contributed by atoms with Gasteiger partial charge >= 0.3 is 0 Å². The monoisotopic (exact) mass is 138 g/mol. The Balaban J connectivity index is 2.52. The minimum absolute atomic E-state index is 0.149. The predicted molar refractivity (Wildman–Crippen MR) is 44.3 cm³/mol. The van der Waals surface area contributed by atoms with E-state index in [2.05, 4.69) is 11.9 Å². The molecule has 0 aromatic carbocycles. The fraction of sp³-hybridized carbons (Fsp3) is 0.625. The van der Waals surface area contributed by atoms with Gasteiger partial charge in [-0.2, -0.15) is 0 Å². The lowest BCUT2D eigenvalue weighted by Crippen LogP contribution is -2.41. The van der Waals surface area contributed by atoms with E-state index in [1.165, 1.54) is 0 Å². The van der Waals surface area contributed by atoms with Gasteiger partial charge in [-0.1, -0.05) is 19.4 Å². The van der Waals surface area contributed by atoms with E-state index in [9.17, 15) is 0 Å². The third-order valence-electron chi connectivity index (χ3n) is 1.72. The van der Waals surface area contributed by atoms with Crippen LogP contribution < -0.4 is 5.73 Å². The molecule has 1 unspecified atom stereocenters. The van der Waals surface area contributed by atoms with Crippen LogP contribution >= 0.6 is 0 Å². The van der Waals surface area contributed by atoms with Crippen LogP contribution in [-0.2, 0) is 0 Å². The van der Waals surface area contributed by atoms with E-state index < -0.39 is 0 Å². The Bertz CT molecular complexity index is 161. The van der Waals surface area contributed by atoms with Crippen LogP contribution in [0.5, 0.6) is 0 Å². The van der Waals surface area contributed by atoms with Crippen molar-refractivity contribution in [2.45, 2.75) is 25.3 Å². The minimum atomic E-state index is -0.149. The van der Waals surface area contributed by atoms with Crippen LogP contribution in [-0.4, -0.2) is 18.3 Å². The van der Waals surface area contributed by atoms with Crippen molar-refractivity contribution in [1.82, 2.24) is 0 Å². The van der Waals surface area contributed by atoms with E-state index in [0.29, 0.717) is 0 Å². The Morgan fingerprint density at radius 3 is 3.00 bits per heavy atom. The van der Waals surface area contributed by atoms with Crippen LogP contribution in [0.3, 0.4) is 0 Å². The van der Waals surface area contributed by atoms with Gasteiger partial charge in [-0.3, -0.25) is 4.99 Å². The highest BCUT2D eigenvalue weighted by atomic mass is 14.9. The van der Waals surface area contributed by atoms with Gasteiger partial charge in [-0.05, 0) is 12.5 Å². The van der Waals surface area contributed by atoms with Gasteiger partial charge in [0.15, 0.2) is 0 Å². The first-order chi connectivity index (χ1) is 4.77. The number of nitrogens with two attached hydrogens (primary N) is 1. The SMILES string of the molecule is CCCC1(N)C=CC=NC1. The Labute approximate surface area is 61.8 Å². The minimum Gasteiger partial charge on any atom is -0.320 e. The summed E-state index contributed by atoms with van der Waals surface area (Å²) >= 11 is 0. The molecule has 0 aliphatic carbocycles. The summed E-state index contributed by atoms with van der Waals surface area (Å²) in [4.78, 5) is 4.11. The molecular formula is C8H14N2. The fourth-order valence-corrected chi connectivity index (χ4v) is 1.20. The quantitative estimate of drug-likeness (QED) is 0.610. The van der Waals surface area contributed by atoms with Crippen LogP contribution in [0.15, 0.2) is 17.1 Å². The zero-order valence-corrected chi connectivity index (χ0v) is 6.38. The first-order valence-corrected chi connectivity index (χ1v) is 3.73. The molecule has 2 nitrogen and oxygen atoms in total. The predicted octanol–water partition coefficient (Wildman–Crippen LogP) is 1.12. The van der Waals surface area contributed by atoms with Crippen LogP contribution in [0.25, 0.3) is 0 Å². The van der Waals surface area contributed by atoms with Crippen molar-refractivity contribution in [3.63, 3.8) is 0 Å². The summed E-state index contributed by atoms with van der Waals surface area (Å²) in [6, 6.07) is 0. The molecule has 2 heteroatoms. The molecule has 10 heavy (non-hydrogen) atoms. The number of dihydropyridines is 1. The molecule has 0 radical (unpaired) electrons. The maximum atomic E-state index is 5.97. The van der Waals surface area contributed by atoms with Crippen LogP contribution in [0.2, 0.25) is 0 Å². The summed E-state index contributed by atoms with van der Waals surface area (Å²) in [6.45, 7) is 2.89. The largest absolute Gasteiger partial charge is 0.320 e. The number of rotatable bonds is 2. The molecule has 1 aliphatic rings. The van der Waals surface area contributed by atoms with Crippen molar-refractivity contribution in [1.29, 1.82) is 0 Å². The fourth-order valence-electron chi connectivity index (χ4n) is 1.20. The van der Waals surface area contributed by atoms with Crippen molar-refractivity contribution >= 4 is 6.21 Å². The van der Waals surface area contributed by atoms with Crippen molar-refractivity contribution in [3.05, 3.63) is 12.2 Å². The van der Waals surface area contributed by atoms with E-state index in [4.69, 9.17) is 5.73 Å². The molecule has 56 valence electrons. The Hall–Kier alpha value is -0.630. The number of hydrogen-bond acceptors (Lipinski definition) is 2. The van der Waals surface area contributed by atoms with E-state index in [-0.39, 0.29) is 5.54 Å². The summed E-state index contributed by atoms with van der Waals surface area (Å²) in [5, 5.41) is 0. The van der Waals surface area contributed by atoms with E-state index >= 15 is 0 Å². The average molecular weight is 138 g/mol. The van der Waals surface area contributed by atoms with Gasteiger partial charge < -0.3 is 5.73 Å². The highest BCUT2D eigenvalue weighted by Gasteiger charge is 2.20. The highest BCUT2D eigenvalue weighted by molar-refractivity contribution is 5.72. The molecule has 0 aromatic rings. The van der Waals surface area contributed by atoms with Gasteiger partial charge in [0.2, 0.25) is 0 Å². The third kappa shape index (κ3) is 1.67. The van der Waals surface area contributed by atoms with Crippen molar-refractivity contribution in [3.8, 4) is 0 Å². The van der Waals surface area contributed by atoms with Crippen LogP contribution in [0, 0.1) is 0 Å². The second-order valence-electron chi connectivity index (χ2n) is 2.83.